The van der Waals surface area contributed by atoms with Crippen molar-refractivity contribution in [3.63, 3.8) is 0 Å². The smallest absolute Gasteiger partial charge is 0.309 e. The fourth-order valence-corrected chi connectivity index (χ4v) is 5.72. The van der Waals surface area contributed by atoms with E-state index in [2.05, 4.69) is 15.5 Å². The molecular weight excluding hydrogens is 420 g/mol. The van der Waals surface area contributed by atoms with E-state index in [0.29, 0.717) is 39.3 Å². The van der Waals surface area contributed by atoms with Gasteiger partial charge in [0, 0.05) is 45.3 Å². The summed E-state index contributed by atoms with van der Waals surface area (Å²) in [5.74, 6) is -1.35. The molecule has 2 saturated heterocycles. The third-order valence-electron chi connectivity index (χ3n) is 5.71. The molecule has 0 aliphatic carbocycles. The number of nitrogens with zero attached hydrogens (tertiary/aromatic N) is 2. The molecule has 0 radical (unpaired) electrons. The number of benzene rings is 1. The largest absolute Gasteiger partial charge is 0.379 e. The van der Waals surface area contributed by atoms with E-state index >= 15 is 0 Å². The van der Waals surface area contributed by atoms with E-state index in [4.69, 9.17) is 4.74 Å². The van der Waals surface area contributed by atoms with Gasteiger partial charge in [-0.2, -0.15) is 4.31 Å². The first kappa shape index (κ1) is 23.6. The number of sulfonamides is 1. The van der Waals surface area contributed by atoms with Gasteiger partial charge in [-0.1, -0.05) is 24.6 Å². The quantitative estimate of drug-likeness (QED) is 0.545. The first-order valence-electron chi connectivity index (χ1n) is 10.9. The minimum absolute atomic E-state index is 0.191. The minimum Gasteiger partial charge on any atom is -0.379 e. The van der Waals surface area contributed by atoms with Crippen molar-refractivity contribution >= 4 is 21.8 Å². The Kier molecular flexibility index (Phi) is 8.82. The molecule has 0 spiro atoms. The number of nitrogens with one attached hydrogen (secondary N) is 2. The van der Waals surface area contributed by atoms with Crippen molar-refractivity contribution < 1.29 is 22.7 Å². The predicted molar refractivity (Wildman–Crippen MR) is 116 cm³/mol. The van der Waals surface area contributed by atoms with E-state index in [1.807, 2.05) is 0 Å². The van der Waals surface area contributed by atoms with Crippen LogP contribution in [0.2, 0.25) is 0 Å². The van der Waals surface area contributed by atoms with E-state index in [1.54, 1.807) is 34.6 Å². The molecule has 2 fully saturated rings. The molecule has 0 saturated carbocycles. The number of carbonyl (C=O) groups is 2. The standard InChI is InChI=1S/C21H32N4O5S/c26-20(21(27)23-11-13-24-14-16-30-17-15-24)22-10-9-18-6-4-5-12-25(18)31(28,29)19-7-2-1-3-8-19/h1-3,7-8,18H,4-6,9-17H2,(H,22,26)(H,23,27)/t18-/m0/s1. The lowest BCUT2D eigenvalue weighted by Crippen LogP contribution is -2.47. The van der Waals surface area contributed by atoms with Gasteiger partial charge >= 0.3 is 11.8 Å². The van der Waals surface area contributed by atoms with Gasteiger partial charge in [-0.15, -0.1) is 0 Å². The molecule has 0 unspecified atom stereocenters. The highest BCUT2D eigenvalue weighted by molar-refractivity contribution is 7.89. The zero-order chi connectivity index (χ0) is 22.1. The number of hydrogen-bond donors (Lipinski definition) is 2. The fourth-order valence-electron chi connectivity index (χ4n) is 3.97. The lowest BCUT2D eigenvalue weighted by Gasteiger charge is -2.34. The van der Waals surface area contributed by atoms with Crippen LogP contribution in [0.15, 0.2) is 35.2 Å². The lowest BCUT2D eigenvalue weighted by molar-refractivity contribution is -0.139. The minimum atomic E-state index is -3.57. The molecule has 2 N–H and O–H groups in total. The van der Waals surface area contributed by atoms with Gasteiger partial charge in [-0.05, 0) is 31.4 Å². The van der Waals surface area contributed by atoms with Crippen LogP contribution in [0.5, 0.6) is 0 Å². The Bertz CT molecular complexity index is 827. The van der Waals surface area contributed by atoms with Crippen LogP contribution >= 0.6 is 0 Å². The topological polar surface area (TPSA) is 108 Å². The number of piperidine rings is 1. The second kappa shape index (κ2) is 11.6. The van der Waals surface area contributed by atoms with Crippen LogP contribution in [0.3, 0.4) is 0 Å². The molecule has 10 heteroatoms. The Morgan fingerprint density at radius 1 is 0.968 bits per heavy atom. The predicted octanol–water partition coefficient (Wildman–Crippen LogP) is 0.185. The van der Waals surface area contributed by atoms with E-state index in [-0.39, 0.29) is 17.5 Å². The molecule has 1 aromatic rings. The van der Waals surface area contributed by atoms with E-state index < -0.39 is 21.8 Å². The number of ether oxygens (including phenoxy) is 1. The molecule has 1 aromatic carbocycles. The van der Waals surface area contributed by atoms with Crippen LogP contribution in [0.4, 0.5) is 0 Å². The van der Waals surface area contributed by atoms with Gasteiger partial charge in [0.25, 0.3) is 0 Å². The molecule has 172 valence electrons. The van der Waals surface area contributed by atoms with Gasteiger partial charge in [-0.25, -0.2) is 8.42 Å². The van der Waals surface area contributed by atoms with Gasteiger partial charge in [-0.3, -0.25) is 14.5 Å². The highest BCUT2D eigenvalue weighted by Crippen LogP contribution is 2.26. The highest BCUT2D eigenvalue weighted by atomic mass is 32.2. The van der Waals surface area contributed by atoms with Gasteiger partial charge in [0.2, 0.25) is 10.0 Å². The van der Waals surface area contributed by atoms with Gasteiger partial charge in [0.05, 0.1) is 18.1 Å². The molecule has 2 amide bonds. The molecule has 0 bridgehead atoms. The summed E-state index contributed by atoms with van der Waals surface area (Å²) in [4.78, 5) is 26.5. The number of carbonyl (C=O) groups excluding carboxylic acids is 2. The maximum absolute atomic E-state index is 13.0. The van der Waals surface area contributed by atoms with Gasteiger partial charge in [0.15, 0.2) is 0 Å². The Hall–Kier alpha value is -2.01. The van der Waals surface area contributed by atoms with Crippen LogP contribution in [0.1, 0.15) is 25.7 Å². The highest BCUT2D eigenvalue weighted by Gasteiger charge is 2.33. The number of morpholine rings is 1. The van der Waals surface area contributed by atoms with Crippen molar-refractivity contribution in [3.8, 4) is 0 Å². The Balaban J connectivity index is 1.43. The first-order chi connectivity index (χ1) is 15.0. The maximum atomic E-state index is 13.0. The van der Waals surface area contributed by atoms with Gasteiger partial charge in [0.1, 0.15) is 0 Å². The molecule has 2 aliphatic rings. The summed E-state index contributed by atoms with van der Waals surface area (Å²) >= 11 is 0. The summed E-state index contributed by atoms with van der Waals surface area (Å²) in [6, 6.07) is 8.22. The van der Waals surface area contributed by atoms with Crippen LogP contribution in [-0.2, 0) is 24.3 Å². The summed E-state index contributed by atoms with van der Waals surface area (Å²) in [5, 5.41) is 5.26. The van der Waals surface area contributed by atoms with Crippen molar-refractivity contribution in [1.29, 1.82) is 0 Å². The molecule has 1 atom stereocenters. The van der Waals surface area contributed by atoms with Crippen LogP contribution in [0.25, 0.3) is 0 Å². The summed E-state index contributed by atoms with van der Waals surface area (Å²) in [7, 11) is -3.57. The SMILES string of the molecule is O=C(NCC[C@@H]1CCCCN1S(=O)(=O)c1ccccc1)C(=O)NCCN1CCOCC1. The zero-order valence-corrected chi connectivity index (χ0v) is 18.6. The summed E-state index contributed by atoms with van der Waals surface area (Å²) in [6.07, 6.45) is 2.98. The van der Waals surface area contributed by atoms with Crippen LogP contribution < -0.4 is 10.6 Å². The molecule has 2 aliphatic heterocycles. The number of rotatable bonds is 8. The summed E-state index contributed by atoms with van der Waals surface area (Å²) in [5.41, 5.74) is 0. The van der Waals surface area contributed by atoms with E-state index in [0.717, 1.165) is 32.4 Å². The van der Waals surface area contributed by atoms with E-state index in [9.17, 15) is 18.0 Å². The molecule has 31 heavy (non-hydrogen) atoms. The van der Waals surface area contributed by atoms with Crippen molar-refractivity contribution in [3.05, 3.63) is 30.3 Å². The number of amides is 2. The second-order valence-electron chi connectivity index (χ2n) is 7.83. The third kappa shape index (κ3) is 6.73. The van der Waals surface area contributed by atoms with Crippen molar-refractivity contribution in [2.75, 3.05) is 52.5 Å². The average molecular weight is 453 g/mol. The zero-order valence-electron chi connectivity index (χ0n) is 17.8. The van der Waals surface area contributed by atoms with Crippen molar-refractivity contribution in [2.24, 2.45) is 0 Å². The second-order valence-corrected chi connectivity index (χ2v) is 9.72. The molecular formula is C21H32N4O5S. The summed E-state index contributed by atoms with van der Waals surface area (Å²) < 4.78 is 32.8. The molecule has 3 rings (SSSR count). The number of hydrogen-bond acceptors (Lipinski definition) is 6. The van der Waals surface area contributed by atoms with E-state index in [1.165, 1.54) is 0 Å². The van der Waals surface area contributed by atoms with Crippen LogP contribution in [0, 0.1) is 0 Å². The van der Waals surface area contributed by atoms with Crippen molar-refractivity contribution in [2.45, 2.75) is 36.6 Å². The van der Waals surface area contributed by atoms with Gasteiger partial charge < -0.3 is 15.4 Å². The van der Waals surface area contributed by atoms with Crippen LogP contribution in [-0.4, -0.2) is 88.0 Å². The average Bonchev–Trinajstić information content (AvgIpc) is 2.80. The Labute approximate surface area is 184 Å². The summed E-state index contributed by atoms with van der Waals surface area (Å²) in [6.45, 7) is 4.82. The first-order valence-corrected chi connectivity index (χ1v) is 12.4. The third-order valence-corrected chi connectivity index (χ3v) is 7.68. The molecule has 0 aromatic heterocycles. The normalized spacial score (nSPS) is 20.8. The lowest BCUT2D eigenvalue weighted by atomic mass is 10.0. The van der Waals surface area contributed by atoms with Crippen molar-refractivity contribution in [1.82, 2.24) is 19.8 Å². The fraction of sp³-hybridized carbons (Fsp3) is 0.619. The maximum Gasteiger partial charge on any atom is 0.309 e. The molecule has 9 nitrogen and oxygen atoms in total. The Morgan fingerprint density at radius 3 is 2.35 bits per heavy atom. The monoisotopic (exact) mass is 452 g/mol. The Morgan fingerprint density at radius 2 is 1.65 bits per heavy atom. The molecule has 2 heterocycles.